The number of nitrogens with one attached hydrogen (secondary N) is 2. The third kappa shape index (κ3) is 4.73. The molecule has 0 bridgehead atoms. The molecular formula is C24H29N3O2. The molecule has 2 N–H and O–H groups in total. The van der Waals surface area contributed by atoms with E-state index in [0.717, 1.165) is 48.5 Å². The van der Waals surface area contributed by atoms with Crippen LogP contribution in [0.15, 0.2) is 48.7 Å². The van der Waals surface area contributed by atoms with E-state index in [2.05, 4.69) is 46.4 Å². The Morgan fingerprint density at radius 3 is 2.66 bits per heavy atom. The first-order valence-corrected chi connectivity index (χ1v) is 10.4. The molecule has 1 amide bonds. The van der Waals surface area contributed by atoms with Crippen molar-refractivity contribution in [1.29, 1.82) is 0 Å². The van der Waals surface area contributed by atoms with Crippen LogP contribution in [0.25, 0.3) is 10.9 Å². The lowest BCUT2D eigenvalue weighted by Crippen LogP contribution is -2.34. The average Bonchev–Trinajstić information content (AvgIpc) is 3.11. The summed E-state index contributed by atoms with van der Waals surface area (Å²) in [4.78, 5) is 17.0. The fourth-order valence-electron chi connectivity index (χ4n) is 4.06. The van der Waals surface area contributed by atoms with Crippen LogP contribution in [0.2, 0.25) is 0 Å². The highest BCUT2D eigenvalue weighted by molar-refractivity contribution is 6.01. The molecule has 0 unspecified atom stereocenters. The summed E-state index contributed by atoms with van der Waals surface area (Å²) >= 11 is 0. The summed E-state index contributed by atoms with van der Waals surface area (Å²) in [6, 6.07) is 14.8. The predicted molar refractivity (Wildman–Crippen MR) is 119 cm³/mol. The lowest BCUT2D eigenvalue weighted by Gasteiger charge is -2.33. The van der Waals surface area contributed by atoms with Gasteiger partial charge < -0.3 is 19.9 Å². The first-order chi connectivity index (χ1) is 14.1. The van der Waals surface area contributed by atoms with Crippen LogP contribution in [0.3, 0.4) is 0 Å². The molecule has 152 valence electrons. The van der Waals surface area contributed by atoms with Crippen molar-refractivity contribution in [2.45, 2.75) is 33.1 Å². The van der Waals surface area contributed by atoms with Crippen LogP contribution in [0.4, 0.5) is 11.4 Å². The Kier molecular flexibility index (Phi) is 5.74. The number of H-pyrrole nitrogens is 1. The van der Waals surface area contributed by atoms with Gasteiger partial charge in [0.2, 0.25) is 5.91 Å². The van der Waals surface area contributed by atoms with E-state index in [4.69, 9.17) is 4.74 Å². The number of hydrogen-bond acceptors (Lipinski definition) is 3. The number of fused-ring (bicyclic) bond motifs is 1. The standard InChI is InChI=1S/C24H29N3O2/c1-17-3-5-20(6-4-17)27-12-9-19(10-13-27)11-14-29-21-7-8-23-22(15-21)24(16-25-23)26-18(2)28/h3-8,15-16,19,25H,9-14H2,1-2H3,(H,26,28). The van der Waals surface area contributed by atoms with Crippen molar-refractivity contribution in [1.82, 2.24) is 4.98 Å². The zero-order valence-electron chi connectivity index (χ0n) is 17.2. The molecule has 4 rings (SSSR count). The van der Waals surface area contributed by atoms with Crippen LogP contribution in [-0.2, 0) is 4.79 Å². The number of carbonyl (C=O) groups is 1. The summed E-state index contributed by atoms with van der Waals surface area (Å²) in [5, 5.41) is 3.83. The molecule has 1 saturated heterocycles. The van der Waals surface area contributed by atoms with Gasteiger partial charge in [-0.1, -0.05) is 17.7 Å². The molecule has 5 heteroatoms. The van der Waals surface area contributed by atoms with Gasteiger partial charge in [-0.15, -0.1) is 0 Å². The van der Waals surface area contributed by atoms with E-state index in [1.54, 1.807) is 0 Å². The van der Waals surface area contributed by atoms with Crippen LogP contribution in [0, 0.1) is 12.8 Å². The molecule has 2 aromatic carbocycles. The van der Waals surface area contributed by atoms with Gasteiger partial charge in [0, 0.05) is 42.8 Å². The first kappa shape index (κ1) is 19.4. The Labute approximate surface area is 172 Å². The number of anilines is 2. The Morgan fingerprint density at radius 2 is 1.93 bits per heavy atom. The zero-order chi connectivity index (χ0) is 20.2. The zero-order valence-corrected chi connectivity index (χ0v) is 17.2. The van der Waals surface area contributed by atoms with Gasteiger partial charge in [-0.05, 0) is 62.4 Å². The molecule has 1 aliphatic heterocycles. The highest BCUT2D eigenvalue weighted by Crippen LogP contribution is 2.29. The van der Waals surface area contributed by atoms with Gasteiger partial charge in [-0.25, -0.2) is 0 Å². The lowest BCUT2D eigenvalue weighted by molar-refractivity contribution is -0.114. The molecule has 0 spiro atoms. The smallest absolute Gasteiger partial charge is 0.221 e. The monoisotopic (exact) mass is 391 g/mol. The van der Waals surface area contributed by atoms with E-state index in [1.807, 2.05) is 24.4 Å². The quantitative estimate of drug-likeness (QED) is 0.613. The fourth-order valence-corrected chi connectivity index (χ4v) is 4.06. The van der Waals surface area contributed by atoms with Crippen molar-refractivity contribution < 1.29 is 9.53 Å². The van der Waals surface area contributed by atoms with Crippen LogP contribution in [0.5, 0.6) is 5.75 Å². The second kappa shape index (κ2) is 8.60. The summed E-state index contributed by atoms with van der Waals surface area (Å²) in [6.07, 6.45) is 5.31. The van der Waals surface area contributed by atoms with Crippen LogP contribution >= 0.6 is 0 Å². The fraction of sp³-hybridized carbons (Fsp3) is 0.375. The lowest BCUT2D eigenvalue weighted by atomic mass is 9.93. The minimum atomic E-state index is -0.0748. The molecule has 2 heterocycles. The molecular weight excluding hydrogens is 362 g/mol. The van der Waals surface area contributed by atoms with Gasteiger partial charge in [-0.2, -0.15) is 0 Å². The Hall–Kier alpha value is -2.95. The maximum atomic E-state index is 11.4. The number of piperidine rings is 1. The van der Waals surface area contributed by atoms with E-state index in [9.17, 15) is 4.79 Å². The topological polar surface area (TPSA) is 57.4 Å². The van der Waals surface area contributed by atoms with Gasteiger partial charge in [0.1, 0.15) is 5.75 Å². The first-order valence-electron chi connectivity index (χ1n) is 10.4. The average molecular weight is 392 g/mol. The van der Waals surface area contributed by atoms with E-state index in [0.29, 0.717) is 5.92 Å². The second-order valence-corrected chi connectivity index (χ2v) is 7.99. The third-order valence-electron chi connectivity index (χ3n) is 5.77. The molecule has 3 aromatic rings. The number of aryl methyl sites for hydroxylation is 1. The van der Waals surface area contributed by atoms with Crippen molar-refractivity contribution >= 4 is 28.2 Å². The van der Waals surface area contributed by atoms with Crippen molar-refractivity contribution in [2.24, 2.45) is 5.92 Å². The van der Waals surface area contributed by atoms with Crippen molar-refractivity contribution in [3.05, 3.63) is 54.2 Å². The summed E-state index contributed by atoms with van der Waals surface area (Å²) in [5.74, 6) is 1.48. The number of amides is 1. The van der Waals surface area contributed by atoms with Crippen LogP contribution < -0.4 is 15.0 Å². The molecule has 1 fully saturated rings. The van der Waals surface area contributed by atoms with Gasteiger partial charge in [0.05, 0.1) is 12.3 Å². The van der Waals surface area contributed by atoms with Crippen molar-refractivity contribution in [2.75, 3.05) is 29.9 Å². The normalized spacial score (nSPS) is 14.9. The molecule has 1 aromatic heterocycles. The van der Waals surface area contributed by atoms with Crippen LogP contribution in [-0.4, -0.2) is 30.6 Å². The van der Waals surface area contributed by atoms with Gasteiger partial charge >= 0.3 is 0 Å². The Bertz CT molecular complexity index is 969. The van der Waals surface area contributed by atoms with Gasteiger partial charge in [-0.3, -0.25) is 4.79 Å². The van der Waals surface area contributed by atoms with Gasteiger partial charge in [0.15, 0.2) is 0 Å². The minimum Gasteiger partial charge on any atom is -0.494 e. The highest BCUT2D eigenvalue weighted by Gasteiger charge is 2.19. The number of aromatic amines is 1. The number of aromatic nitrogens is 1. The van der Waals surface area contributed by atoms with E-state index in [-0.39, 0.29) is 5.91 Å². The number of benzene rings is 2. The highest BCUT2D eigenvalue weighted by atomic mass is 16.5. The van der Waals surface area contributed by atoms with Crippen molar-refractivity contribution in [3.63, 3.8) is 0 Å². The van der Waals surface area contributed by atoms with Crippen molar-refractivity contribution in [3.8, 4) is 5.75 Å². The summed E-state index contributed by atoms with van der Waals surface area (Å²) < 4.78 is 6.03. The number of ether oxygens (including phenoxy) is 1. The Morgan fingerprint density at radius 1 is 1.17 bits per heavy atom. The predicted octanol–water partition coefficient (Wildman–Crippen LogP) is 5.12. The summed E-state index contributed by atoms with van der Waals surface area (Å²) in [6.45, 7) is 6.60. The largest absolute Gasteiger partial charge is 0.494 e. The molecule has 0 aliphatic carbocycles. The summed E-state index contributed by atoms with van der Waals surface area (Å²) in [7, 11) is 0. The molecule has 0 atom stereocenters. The molecule has 5 nitrogen and oxygen atoms in total. The molecule has 29 heavy (non-hydrogen) atoms. The number of hydrogen-bond donors (Lipinski definition) is 2. The van der Waals surface area contributed by atoms with E-state index < -0.39 is 0 Å². The minimum absolute atomic E-state index is 0.0748. The molecule has 1 aliphatic rings. The Balaban J connectivity index is 1.27. The SMILES string of the molecule is CC(=O)Nc1c[nH]c2ccc(OCCC3CCN(c4ccc(C)cc4)CC3)cc12. The number of nitrogens with zero attached hydrogens (tertiary/aromatic N) is 1. The van der Waals surface area contributed by atoms with Gasteiger partial charge in [0.25, 0.3) is 0 Å². The van der Waals surface area contributed by atoms with E-state index >= 15 is 0 Å². The van der Waals surface area contributed by atoms with E-state index in [1.165, 1.54) is 31.0 Å². The third-order valence-corrected chi connectivity index (χ3v) is 5.77. The number of carbonyl (C=O) groups excluding carboxylic acids is 1. The summed E-state index contributed by atoms with van der Waals surface area (Å²) in [5.41, 5.74) is 4.42. The molecule has 0 radical (unpaired) electrons. The number of rotatable bonds is 6. The van der Waals surface area contributed by atoms with Crippen LogP contribution in [0.1, 0.15) is 31.7 Å². The molecule has 0 saturated carbocycles. The second-order valence-electron chi connectivity index (χ2n) is 7.99. The maximum Gasteiger partial charge on any atom is 0.221 e. The maximum absolute atomic E-state index is 11.4.